The number of hydrogen-bond acceptors (Lipinski definition) is 3. The van der Waals surface area contributed by atoms with E-state index in [1.54, 1.807) is 23.7 Å². The maximum absolute atomic E-state index is 13.7. The maximum atomic E-state index is 13.7. The van der Waals surface area contributed by atoms with Gasteiger partial charge in [-0.3, -0.25) is 0 Å². The van der Waals surface area contributed by atoms with Gasteiger partial charge in [-0.15, -0.1) is 11.3 Å². The topological polar surface area (TPSA) is 38.9 Å². The van der Waals surface area contributed by atoms with Gasteiger partial charge in [0.15, 0.2) is 0 Å². The van der Waals surface area contributed by atoms with Gasteiger partial charge in [-0.2, -0.15) is 0 Å². The van der Waals surface area contributed by atoms with E-state index >= 15 is 0 Å². The lowest BCUT2D eigenvalue weighted by atomic mass is 10.1. The lowest BCUT2D eigenvalue weighted by Crippen LogP contribution is -2.14. The quantitative estimate of drug-likeness (QED) is 0.921. The summed E-state index contributed by atoms with van der Waals surface area (Å²) in [6.45, 7) is 0. The standard InChI is InChI=1S/C10H8BrFN2S/c11-7-3-1-2-6(9(7)12)10(13)8-4-15-5-14-8/h1-5,10H,13H2. The molecule has 1 heterocycles. The SMILES string of the molecule is NC(c1cscn1)c1cccc(Br)c1F. The predicted octanol–water partition coefficient (Wildman–Crippen LogP) is 3.09. The molecular formula is C10H8BrFN2S. The van der Waals surface area contributed by atoms with Crippen molar-refractivity contribution in [3.63, 3.8) is 0 Å². The number of nitrogens with two attached hydrogens (primary N) is 1. The Kier molecular flexibility index (Phi) is 3.14. The first-order valence-corrected chi connectivity index (χ1v) is 6.01. The zero-order valence-corrected chi connectivity index (χ0v) is 10.1. The van der Waals surface area contributed by atoms with Crippen LogP contribution in [0.4, 0.5) is 4.39 Å². The van der Waals surface area contributed by atoms with E-state index in [4.69, 9.17) is 5.73 Å². The van der Waals surface area contributed by atoms with Crippen LogP contribution in [0.25, 0.3) is 0 Å². The molecule has 5 heteroatoms. The lowest BCUT2D eigenvalue weighted by Gasteiger charge is -2.10. The molecular weight excluding hydrogens is 279 g/mol. The van der Waals surface area contributed by atoms with Crippen LogP contribution in [0.2, 0.25) is 0 Å². The molecule has 1 unspecified atom stereocenters. The largest absolute Gasteiger partial charge is 0.319 e. The Bertz CT molecular complexity index is 458. The normalized spacial score (nSPS) is 12.7. The molecule has 0 aliphatic rings. The fourth-order valence-electron chi connectivity index (χ4n) is 1.30. The Labute approximate surface area is 99.1 Å². The zero-order chi connectivity index (χ0) is 10.8. The molecule has 2 N–H and O–H groups in total. The second-order valence-corrected chi connectivity index (χ2v) is 4.61. The molecule has 1 aromatic heterocycles. The van der Waals surface area contributed by atoms with Crippen LogP contribution in [0, 0.1) is 5.82 Å². The highest BCUT2D eigenvalue weighted by Crippen LogP contribution is 2.26. The third kappa shape index (κ3) is 2.09. The summed E-state index contributed by atoms with van der Waals surface area (Å²) in [6, 6.07) is 4.57. The van der Waals surface area contributed by atoms with Crippen molar-refractivity contribution in [2.24, 2.45) is 5.73 Å². The van der Waals surface area contributed by atoms with Crippen LogP contribution in [0.1, 0.15) is 17.3 Å². The van der Waals surface area contributed by atoms with Gasteiger partial charge in [0.25, 0.3) is 0 Å². The van der Waals surface area contributed by atoms with Crippen molar-refractivity contribution in [1.29, 1.82) is 0 Å². The van der Waals surface area contributed by atoms with Crippen molar-refractivity contribution < 1.29 is 4.39 Å². The molecule has 2 nitrogen and oxygen atoms in total. The third-order valence-electron chi connectivity index (χ3n) is 2.09. The van der Waals surface area contributed by atoms with Gasteiger partial charge in [0, 0.05) is 10.9 Å². The van der Waals surface area contributed by atoms with Gasteiger partial charge in [-0.1, -0.05) is 12.1 Å². The summed E-state index contributed by atoms with van der Waals surface area (Å²) >= 11 is 4.58. The van der Waals surface area contributed by atoms with Gasteiger partial charge in [0.2, 0.25) is 0 Å². The average molecular weight is 287 g/mol. The third-order valence-corrected chi connectivity index (χ3v) is 3.30. The summed E-state index contributed by atoms with van der Waals surface area (Å²) in [4.78, 5) is 4.07. The number of rotatable bonds is 2. The number of hydrogen-bond donors (Lipinski definition) is 1. The molecule has 0 saturated heterocycles. The summed E-state index contributed by atoms with van der Waals surface area (Å²) in [7, 11) is 0. The fourth-order valence-corrected chi connectivity index (χ4v) is 2.27. The van der Waals surface area contributed by atoms with E-state index in [1.807, 2.05) is 5.38 Å². The van der Waals surface area contributed by atoms with E-state index in [0.717, 1.165) is 0 Å². The van der Waals surface area contributed by atoms with Gasteiger partial charge in [0.05, 0.1) is 21.7 Å². The number of aromatic nitrogens is 1. The van der Waals surface area contributed by atoms with Crippen molar-refractivity contribution in [2.75, 3.05) is 0 Å². The molecule has 0 aliphatic heterocycles. The maximum Gasteiger partial charge on any atom is 0.142 e. The van der Waals surface area contributed by atoms with Crippen molar-refractivity contribution in [3.05, 3.63) is 50.6 Å². The van der Waals surface area contributed by atoms with E-state index in [2.05, 4.69) is 20.9 Å². The highest BCUT2D eigenvalue weighted by atomic mass is 79.9. The van der Waals surface area contributed by atoms with Crippen molar-refractivity contribution in [3.8, 4) is 0 Å². The van der Waals surface area contributed by atoms with Gasteiger partial charge >= 0.3 is 0 Å². The molecule has 0 bridgehead atoms. The second kappa shape index (κ2) is 4.38. The van der Waals surface area contributed by atoms with Gasteiger partial charge < -0.3 is 5.73 Å². The van der Waals surface area contributed by atoms with E-state index in [-0.39, 0.29) is 5.82 Å². The van der Waals surface area contributed by atoms with Gasteiger partial charge in [-0.25, -0.2) is 9.37 Å². The molecule has 1 aromatic carbocycles. The van der Waals surface area contributed by atoms with E-state index < -0.39 is 6.04 Å². The summed E-state index contributed by atoms with van der Waals surface area (Å²) in [6.07, 6.45) is 0. The van der Waals surface area contributed by atoms with Crippen LogP contribution < -0.4 is 5.73 Å². The van der Waals surface area contributed by atoms with Crippen LogP contribution >= 0.6 is 27.3 Å². The van der Waals surface area contributed by atoms with Gasteiger partial charge in [-0.05, 0) is 22.0 Å². The molecule has 0 aliphatic carbocycles. The van der Waals surface area contributed by atoms with Crippen molar-refractivity contribution in [2.45, 2.75) is 6.04 Å². The molecule has 78 valence electrons. The molecule has 0 radical (unpaired) electrons. The Morgan fingerprint density at radius 2 is 2.27 bits per heavy atom. The second-order valence-electron chi connectivity index (χ2n) is 3.03. The number of halogens is 2. The smallest absolute Gasteiger partial charge is 0.142 e. The predicted molar refractivity (Wildman–Crippen MR) is 62.2 cm³/mol. The first-order valence-electron chi connectivity index (χ1n) is 4.27. The fraction of sp³-hybridized carbons (Fsp3) is 0.100. The number of thiazole rings is 1. The van der Waals surface area contributed by atoms with Crippen molar-refractivity contribution in [1.82, 2.24) is 4.98 Å². The van der Waals surface area contributed by atoms with Crippen molar-refractivity contribution >= 4 is 27.3 Å². The van der Waals surface area contributed by atoms with Crippen LogP contribution in [-0.4, -0.2) is 4.98 Å². The lowest BCUT2D eigenvalue weighted by molar-refractivity contribution is 0.591. The minimum absolute atomic E-state index is 0.321. The average Bonchev–Trinajstić information content (AvgIpc) is 2.74. The Morgan fingerprint density at radius 1 is 1.47 bits per heavy atom. The summed E-state index contributed by atoms with van der Waals surface area (Å²) in [5.74, 6) is -0.321. The van der Waals surface area contributed by atoms with Crippen LogP contribution in [-0.2, 0) is 0 Å². The molecule has 0 saturated carbocycles. The minimum atomic E-state index is -0.506. The highest BCUT2D eigenvalue weighted by Gasteiger charge is 2.16. The molecule has 0 fully saturated rings. The Hall–Kier alpha value is -0.780. The molecule has 2 aromatic rings. The van der Waals surface area contributed by atoms with E-state index in [9.17, 15) is 4.39 Å². The monoisotopic (exact) mass is 286 g/mol. The highest BCUT2D eigenvalue weighted by molar-refractivity contribution is 9.10. The Balaban J connectivity index is 2.42. The summed E-state index contributed by atoms with van der Waals surface area (Å²) in [5.41, 5.74) is 8.75. The van der Waals surface area contributed by atoms with E-state index in [1.165, 1.54) is 11.3 Å². The summed E-state index contributed by atoms with van der Waals surface area (Å²) in [5, 5.41) is 1.82. The molecule has 2 rings (SSSR count). The van der Waals surface area contributed by atoms with Gasteiger partial charge in [0.1, 0.15) is 5.82 Å². The number of benzene rings is 1. The molecule has 0 amide bonds. The first kappa shape index (κ1) is 10.7. The number of nitrogens with zero attached hydrogens (tertiary/aromatic N) is 1. The van der Waals surface area contributed by atoms with Crippen LogP contribution in [0.5, 0.6) is 0 Å². The molecule has 0 spiro atoms. The summed E-state index contributed by atoms with van der Waals surface area (Å²) < 4.78 is 14.1. The van der Waals surface area contributed by atoms with E-state index in [0.29, 0.717) is 15.7 Å². The molecule has 15 heavy (non-hydrogen) atoms. The minimum Gasteiger partial charge on any atom is -0.319 e. The zero-order valence-electron chi connectivity index (χ0n) is 7.65. The Morgan fingerprint density at radius 3 is 2.93 bits per heavy atom. The van der Waals surface area contributed by atoms with Crippen LogP contribution in [0.3, 0.4) is 0 Å². The molecule has 1 atom stereocenters. The van der Waals surface area contributed by atoms with Crippen LogP contribution in [0.15, 0.2) is 33.6 Å². The first-order chi connectivity index (χ1) is 7.20.